The van der Waals surface area contributed by atoms with Crippen LogP contribution in [-0.2, 0) is 17.6 Å². The highest BCUT2D eigenvalue weighted by atomic mass is 35.5. The Hall–Kier alpha value is -3.38. The van der Waals surface area contributed by atoms with E-state index in [0.717, 1.165) is 42.9 Å². The van der Waals surface area contributed by atoms with Crippen molar-refractivity contribution in [3.8, 4) is 0 Å². The number of allylic oxidation sites excluding steroid dienone is 3. The normalized spacial score (nSPS) is 13.8. The van der Waals surface area contributed by atoms with Crippen LogP contribution in [0.5, 0.6) is 0 Å². The first-order valence-electron chi connectivity index (χ1n) is 13.7. The SMILES string of the molecule is CC(C)=CCC1=C(O)c2ccccc2C(=O)C1=O.CN(C)CCCN1c2ccccc2CCc2ccc(Cl)cc21.Cl. The largest absolute Gasteiger partial charge is 0.507 e. The van der Waals surface area contributed by atoms with Crippen molar-refractivity contribution in [2.75, 3.05) is 32.1 Å². The van der Waals surface area contributed by atoms with Crippen molar-refractivity contribution >= 4 is 52.7 Å². The number of para-hydroxylation sites is 1. The van der Waals surface area contributed by atoms with Gasteiger partial charge in [0.15, 0.2) is 0 Å². The predicted octanol–water partition coefficient (Wildman–Crippen LogP) is 8.03. The van der Waals surface area contributed by atoms with Gasteiger partial charge in [-0.2, -0.15) is 0 Å². The van der Waals surface area contributed by atoms with E-state index in [1.54, 1.807) is 24.3 Å². The highest BCUT2D eigenvalue weighted by molar-refractivity contribution is 6.52. The van der Waals surface area contributed by atoms with Gasteiger partial charge in [-0.05, 0) is 89.5 Å². The molecule has 1 aliphatic carbocycles. The van der Waals surface area contributed by atoms with Crippen LogP contribution in [0.15, 0.2) is 84.0 Å². The number of nitrogens with zero attached hydrogens (tertiary/aromatic N) is 2. The zero-order chi connectivity index (χ0) is 28.8. The number of aliphatic hydroxyl groups excluding tert-OH is 1. The Bertz CT molecular complexity index is 1470. The van der Waals surface area contributed by atoms with Gasteiger partial charge in [0, 0.05) is 39.6 Å². The number of aryl methyl sites for hydroxylation is 2. The van der Waals surface area contributed by atoms with Gasteiger partial charge in [-0.3, -0.25) is 9.59 Å². The zero-order valence-corrected chi connectivity index (χ0v) is 25.7. The van der Waals surface area contributed by atoms with Gasteiger partial charge >= 0.3 is 0 Å². The third-order valence-corrected chi connectivity index (χ3v) is 7.41. The highest BCUT2D eigenvalue weighted by Crippen LogP contribution is 2.37. The number of aliphatic hydroxyl groups is 1. The second-order valence-corrected chi connectivity index (χ2v) is 11.2. The van der Waals surface area contributed by atoms with Gasteiger partial charge in [0.25, 0.3) is 0 Å². The van der Waals surface area contributed by atoms with Crippen molar-refractivity contribution in [2.24, 2.45) is 0 Å². The van der Waals surface area contributed by atoms with Gasteiger partial charge < -0.3 is 14.9 Å². The molecular formula is C34H38Cl2N2O3. The lowest BCUT2D eigenvalue weighted by Gasteiger charge is -2.27. The standard InChI is InChI=1S/C19H23ClN2.C15H14O3.ClH/c1-21(2)12-5-13-22-18-7-4-3-6-15(18)8-9-16-10-11-17(20)14-19(16)22;1-9(2)7-8-12-13(16)10-5-3-4-6-11(10)14(17)15(12)18;/h3-4,6-7,10-11,14H,5,8-9,12-13H2,1-2H3;3-7,16H,8H2,1-2H3;1H. The number of hydrogen-bond acceptors (Lipinski definition) is 5. The number of carbonyl (C=O) groups excluding carboxylic acids is 2. The van der Waals surface area contributed by atoms with Crippen LogP contribution >= 0.6 is 24.0 Å². The molecule has 1 heterocycles. The number of benzene rings is 3. The smallest absolute Gasteiger partial charge is 0.234 e. The van der Waals surface area contributed by atoms with E-state index in [0.29, 0.717) is 5.56 Å². The summed E-state index contributed by atoms with van der Waals surface area (Å²) >= 11 is 6.27. The molecule has 2 aliphatic rings. The third-order valence-electron chi connectivity index (χ3n) is 7.18. The summed E-state index contributed by atoms with van der Waals surface area (Å²) in [6, 6.07) is 21.7. The van der Waals surface area contributed by atoms with Crippen LogP contribution in [0, 0.1) is 0 Å². The first-order chi connectivity index (χ1) is 19.2. The van der Waals surface area contributed by atoms with Gasteiger partial charge in [-0.25, -0.2) is 0 Å². The lowest BCUT2D eigenvalue weighted by molar-refractivity contribution is -0.112. The molecule has 0 atom stereocenters. The third kappa shape index (κ3) is 7.68. The Labute approximate surface area is 254 Å². The summed E-state index contributed by atoms with van der Waals surface area (Å²) in [5.74, 6) is -1.23. The van der Waals surface area contributed by atoms with Crippen molar-refractivity contribution in [2.45, 2.75) is 39.5 Å². The monoisotopic (exact) mass is 592 g/mol. The summed E-state index contributed by atoms with van der Waals surface area (Å²) in [5, 5.41) is 10.9. The maximum Gasteiger partial charge on any atom is 0.234 e. The summed E-state index contributed by atoms with van der Waals surface area (Å²) in [4.78, 5) is 28.5. The van der Waals surface area contributed by atoms with Crippen LogP contribution in [0.2, 0.25) is 5.02 Å². The molecule has 3 aromatic carbocycles. The molecule has 0 spiro atoms. The number of rotatable bonds is 6. The Morgan fingerprint density at radius 1 is 0.902 bits per heavy atom. The molecule has 1 N–H and O–H groups in total. The fraction of sp³-hybridized carbons (Fsp3) is 0.294. The molecule has 0 unspecified atom stereocenters. The van der Waals surface area contributed by atoms with Crippen molar-refractivity contribution in [3.05, 3.63) is 111 Å². The molecule has 0 bridgehead atoms. The van der Waals surface area contributed by atoms with Crippen molar-refractivity contribution in [1.29, 1.82) is 0 Å². The lowest BCUT2D eigenvalue weighted by Crippen LogP contribution is -2.24. The summed E-state index contributed by atoms with van der Waals surface area (Å²) in [5.41, 5.74) is 7.37. The molecule has 0 fully saturated rings. The average Bonchev–Trinajstić information content (AvgIpc) is 3.08. The summed E-state index contributed by atoms with van der Waals surface area (Å²) in [7, 11) is 4.25. The van der Waals surface area contributed by atoms with E-state index in [4.69, 9.17) is 11.6 Å². The fourth-order valence-electron chi connectivity index (χ4n) is 5.08. The quantitative estimate of drug-likeness (QED) is 0.232. The number of ketones is 2. The molecule has 5 nitrogen and oxygen atoms in total. The number of halogens is 2. The van der Waals surface area contributed by atoms with Crippen LogP contribution in [0.25, 0.3) is 5.76 Å². The number of anilines is 2. The molecule has 7 heteroatoms. The van der Waals surface area contributed by atoms with Gasteiger partial charge in [-0.15, -0.1) is 12.4 Å². The van der Waals surface area contributed by atoms with E-state index < -0.39 is 11.6 Å². The molecule has 1 aliphatic heterocycles. The summed E-state index contributed by atoms with van der Waals surface area (Å²) < 4.78 is 0. The van der Waals surface area contributed by atoms with Crippen LogP contribution in [0.4, 0.5) is 11.4 Å². The van der Waals surface area contributed by atoms with E-state index in [2.05, 4.69) is 60.3 Å². The minimum atomic E-state index is -0.608. The Morgan fingerprint density at radius 3 is 2.22 bits per heavy atom. The van der Waals surface area contributed by atoms with Crippen LogP contribution in [0.3, 0.4) is 0 Å². The topological polar surface area (TPSA) is 60.9 Å². The second kappa shape index (κ2) is 14.5. The lowest BCUT2D eigenvalue weighted by atomic mass is 9.87. The van der Waals surface area contributed by atoms with Crippen molar-refractivity contribution in [3.63, 3.8) is 0 Å². The average molecular weight is 594 g/mol. The van der Waals surface area contributed by atoms with Gasteiger partial charge in [0.05, 0.1) is 0 Å². The number of fused-ring (bicyclic) bond motifs is 3. The molecule has 0 saturated carbocycles. The van der Waals surface area contributed by atoms with E-state index >= 15 is 0 Å². The Balaban J connectivity index is 0.000000225. The van der Waals surface area contributed by atoms with Gasteiger partial charge in [0.2, 0.25) is 11.6 Å². The molecule has 41 heavy (non-hydrogen) atoms. The van der Waals surface area contributed by atoms with Crippen molar-refractivity contribution < 1.29 is 14.7 Å². The van der Waals surface area contributed by atoms with E-state index in [9.17, 15) is 14.7 Å². The maximum atomic E-state index is 11.9. The molecule has 0 radical (unpaired) electrons. The molecule has 0 saturated heterocycles. The highest BCUT2D eigenvalue weighted by Gasteiger charge is 2.31. The minimum absolute atomic E-state index is 0. The van der Waals surface area contributed by atoms with E-state index in [-0.39, 0.29) is 35.7 Å². The zero-order valence-electron chi connectivity index (χ0n) is 24.1. The van der Waals surface area contributed by atoms with Crippen LogP contribution < -0.4 is 4.90 Å². The molecule has 5 rings (SSSR count). The minimum Gasteiger partial charge on any atom is -0.507 e. The maximum absolute atomic E-state index is 11.9. The fourth-order valence-corrected chi connectivity index (χ4v) is 5.25. The predicted molar refractivity (Wildman–Crippen MR) is 172 cm³/mol. The summed E-state index contributed by atoms with van der Waals surface area (Å²) in [6.45, 7) is 5.92. The van der Waals surface area contributed by atoms with E-state index in [1.165, 1.54) is 22.5 Å². The van der Waals surface area contributed by atoms with E-state index in [1.807, 2.05) is 26.0 Å². The molecule has 216 valence electrons. The molecular weight excluding hydrogens is 555 g/mol. The second-order valence-electron chi connectivity index (χ2n) is 10.7. The van der Waals surface area contributed by atoms with Crippen LogP contribution in [-0.4, -0.2) is 48.8 Å². The number of carbonyl (C=O) groups is 2. The number of hydrogen-bond donors (Lipinski definition) is 1. The molecule has 0 amide bonds. The number of Topliss-reactive ketones (excluding diaryl/α,β-unsaturated/α-hetero) is 2. The van der Waals surface area contributed by atoms with Gasteiger partial charge in [-0.1, -0.05) is 71.8 Å². The first-order valence-corrected chi connectivity index (χ1v) is 14.1. The molecule has 3 aromatic rings. The summed E-state index contributed by atoms with van der Waals surface area (Å²) in [6.07, 6.45) is 5.41. The van der Waals surface area contributed by atoms with Crippen molar-refractivity contribution in [1.82, 2.24) is 4.90 Å². The Kier molecular flexibility index (Phi) is 11.4. The first kappa shape index (κ1) is 32.1. The van der Waals surface area contributed by atoms with Crippen LogP contribution in [0.1, 0.15) is 53.7 Å². The molecule has 0 aromatic heterocycles. The Morgan fingerprint density at radius 2 is 1.54 bits per heavy atom. The van der Waals surface area contributed by atoms with Gasteiger partial charge in [0.1, 0.15) is 5.76 Å².